The zero-order valence-electron chi connectivity index (χ0n) is 9.88. The molecule has 0 fully saturated rings. The van der Waals surface area contributed by atoms with Crippen molar-refractivity contribution in [3.63, 3.8) is 0 Å². The lowest BCUT2D eigenvalue weighted by atomic mass is 10.2. The van der Waals surface area contributed by atoms with E-state index in [1.807, 2.05) is 6.07 Å². The minimum absolute atomic E-state index is 0.0295. The summed E-state index contributed by atoms with van der Waals surface area (Å²) >= 11 is 0. The van der Waals surface area contributed by atoms with Crippen molar-refractivity contribution in [2.24, 2.45) is 0 Å². The number of amides is 1. The molecule has 1 aliphatic heterocycles. The quantitative estimate of drug-likeness (QED) is 0.812. The Bertz CT molecular complexity index is 644. The van der Waals surface area contributed by atoms with Crippen molar-refractivity contribution in [3.05, 3.63) is 23.8 Å². The highest BCUT2D eigenvalue weighted by atomic mass is 32.2. The van der Waals surface area contributed by atoms with Gasteiger partial charge in [0.05, 0.1) is 23.1 Å². The summed E-state index contributed by atoms with van der Waals surface area (Å²) in [6.45, 7) is 0. The fraction of sp³-hybridized carbons (Fsp3) is 0.333. The van der Waals surface area contributed by atoms with Crippen LogP contribution in [0.25, 0.3) is 0 Å². The smallest absolute Gasteiger partial charge is 0.231 e. The first kappa shape index (κ1) is 12.6. The maximum atomic E-state index is 11.9. The average Bonchev–Trinajstić information content (AvgIpc) is 2.62. The number of carbonyl (C=O) groups is 1. The van der Waals surface area contributed by atoms with Crippen LogP contribution < -0.4 is 4.90 Å². The van der Waals surface area contributed by atoms with E-state index < -0.39 is 9.84 Å². The maximum Gasteiger partial charge on any atom is 0.231 e. The zero-order valence-corrected chi connectivity index (χ0v) is 10.7. The molecule has 1 aromatic carbocycles. The Morgan fingerprint density at radius 3 is 2.83 bits per heavy atom. The molecule has 1 amide bonds. The molecule has 0 saturated heterocycles. The molecule has 0 aromatic heterocycles. The molecule has 0 aliphatic carbocycles. The Morgan fingerprint density at radius 1 is 1.44 bits per heavy atom. The van der Waals surface area contributed by atoms with E-state index in [1.165, 1.54) is 17.0 Å². The third-order valence-corrected chi connectivity index (χ3v) is 4.68. The van der Waals surface area contributed by atoms with Crippen molar-refractivity contribution in [1.29, 1.82) is 5.26 Å². The van der Waals surface area contributed by atoms with Crippen molar-refractivity contribution in [2.45, 2.75) is 17.7 Å². The van der Waals surface area contributed by atoms with Crippen LogP contribution in [-0.4, -0.2) is 27.1 Å². The summed E-state index contributed by atoms with van der Waals surface area (Å²) in [4.78, 5) is 13.2. The highest BCUT2D eigenvalue weighted by Gasteiger charge is 2.26. The van der Waals surface area contributed by atoms with Crippen LogP contribution in [0, 0.1) is 11.3 Å². The fourth-order valence-corrected chi connectivity index (χ4v) is 3.13. The lowest BCUT2D eigenvalue weighted by Crippen LogP contribution is -2.20. The van der Waals surface area contributed by atoms with Crippen molar-refractivity contribution >= 4 is 21.4 Å². The molecule has 0 spiro atoms. The minimum Gasteiger partial charge on any atom is -0.315 e. The molecular formula is C12H12N2O3S. The number of fused-ring (bicyclic) bond motifs is 1. The van der Waals surface area contributed by atoms with Crippen LogP contribution in [-0.2, 0) is 21.1 Å². The molecule has 6 heteroatoms. The van der Waals surface area contributed by atoms with Crippen molar-refractivity contribution in [3.8, 4) is 6.07 Å². The Morgan fingerprint density at radius 2 is 2.17 bits per heavy atom. The highest BCUT2D eigenvalue weighted by molar-refractivity contribution is 7.91. The van der Waals surface area contributed by atoms with Gasteiger partial charge >= 0.3 is 0 Å². The predicted octanol–water partition coefficient (Wildman–Crippen LogP) is 0.893. The Kier molecular flexibility index (Phi) is 3.09. The maximum absolute atomic E-state index is 11.9. The first-order chi connectivity index (χ1) is 8.45. The van der Waals surface area contributed by atoms with Crippen LogP contribution in [0.5, 0.6) is 0 Å². The van der Waals surface area contributed by atoms with Crippen molar-refractivity contribution in [1.82, 2.24) is 0 Å². The van der Waals surface area contributed by atoms with Crippen LogP contribution in [0.2, 0.25) is 0 Å². The molecule has 0 unspecified atom stereocenters. The van der Waals surface area contributed by atoms with Gasteiger partial charge in [-0.2, -0.15) is 5.26 Å². The Balaban J connectivity index is 2.37. The van der Waals surface area contributed by atoms with E-state index in [0.29, 0.717) is 0 Å². The number of anilines is 1. The number of nitrogens with zero attached hydrogens (tertiary/aromatic N) is 2. The summed E-state index contributed by atoms with van der Waals surface area (Å²) in [5.74, 6) is -0.233. The summed E-state index contributed by atoms with van der Waals surface area (Å²) < 4.78 is 23.8. The molecule has 1 aromatic rings. The SMILES string of the molecule is CN1C(=O)Cc2cc(S(=O)(=O)CCC#N)ccc21. The molecule has 1 aliphatic rings. The van der Waals surface area contributed by atoms with Crippen LogP contribution in [0.4, 0.5) is 5.69 Å². The molecule has 0 saturated carbocycles. The van der Waals surface area contributed by atoms with Crippen molar-refractivity contribution in [2.75, 3.05) is 17.7 Å². The lowest BCUT2D eigenvalue weighted by molar-refractivity contribution is -0.117. The van der Waals surface area contributed by atoms with Gasteiger partial charge in [-0.05, 0) is 23.8 Å². The molecule has 94 valence electrons. The molecule has 5 nitrogen and oxygen atoms in total. The number of sulfone groups is 1. The van der Waals surface area contributed by atoms with Gasteiger partial charge < -0.3 is 4.90 Å². The molecule has 2 rings (SSSR count). The summed E-state index contributed by atoms with van der Waals surface area (Å²) in [7, 11) is -1.77. The molecule has 0 N–H and O–H groups in total. The van der Waals surface area contributed by atoms with Gasteiger partial charge in [0.1, 0.15) is 0 Å². The second-order valence-corrected chi connectivity index (χ2v) is 6.26. The monoisotopic (exact) mass is 264 g/mol. The summed E-state index contributed by atoms with van der Waals surface area (Å²) in [6, 6.07) is 6.47. The topological polar surface area (TPSA) is 78.2 Å². The van der Waals surface area contributed by atoms with Crippen LogP contribution in [0.3, 0.4) is 0 Å². The van der Waals surface area contributed by atoms with Crippen LogP contribution in [0.15, 0.2) is 23.1 Å². The summed E-state index contributed by atoms with van der Waals surface area (Å²) in [5, 5.41) is 8.44. The number of carbonyl (C=O) groups excluding carboxylic acids is 1. The van der Waals surface area contributed by atoms with E-state index in [2.05, 4.69) is 0 Å². The number of benzene rings is 1. The van der Waals surface area contributed by atoms with Gasteiger partial charge in [0.2, 0.25) is 5.91 Å². The van der Waals surface area contributed by atoms with Gasteiger partial charge in [0.15, 0.2) is 9.84 Å². The second kappa shape index (κ2) is 4.42. The summed E-state index contributed by atoms with van der Waals surface area (Å²) in [6.07, 6.45) is 0.200. The zero-order chi connectivity index (χ0) is 13.3. The van der Waals surface area contributed by atoms with Gasteiger partial charge in [-0.25, -0.2) is 8.42 Å². The number of hydrogen-bond donors (Lipinski definition) is 0. The van der Waals surface area contributed by atoms with Gasteiger partial charge in [-0.15, -0.1) is 0 Å². The number of likely N-dealkylation sites (N-methyl/N-ethyl adjacent to an activating group) is 1. The fourth-order valence-electron chi connectivity index (χ4n) is 1.94. The van der Waals surface area contributed by atoms with Crippen LogP contribution >= 0.6 is 0 Å². The molecule has 0 atom stereocenters. The lowest BCUT2D eigenvalue weighted by Gasteiger charge is -2.10. The van der Waals surface area contributed by atoms with Crippen molar-refractivity contribution < 1.29 is 13.2 Å². The normalized spacial score (nSPS) is 14.4. The third kappa shape index (κ3) is 2.09. The Labute approximate surface area is 106 Å². The van der Waals surface area contributed by atoms with Gasteiger partial charge in [-0.3, -0.25) is 4.79 Å². The second-order valence-electron chi connectivity index (χ2n) is 4.15. The predicted molar refractivity (Wildman–Crippen MR) is 65.8 cm³/mol. The molecule has 0 bridgehead atoms. The van der Waals surface area contributed by atoms with Crippen LogP contribution in [0.1, 0.15) is 12.0 Å². The van der Waals surface area contributed by atoms with E-state index in [-0.39, 0.29) is 29.4 Å². The number of nitriles is 1. The van der Waals surface area contributed by atoms with E-state index in [0.717, 1.165) is 11.3 Å². The van der Waals surface area contributed by atoms with Gasteiger partial charge in [-0.1, -0.05) is 0 Å². The average molecular weight is 264 g/mol. The Hall–Kier alpha value is -1.87. The summed E-state index contributed by atoms with van der Waals surface area (Å²) in [5.41, 5.74) is 1.47. The van der Waals surface area contributed by atoms with E-state index in [9.17, 15) is 13.2 Å². The molecular weight excluding hydrogens is 252 g/mol. The van der Waals surface area contributed by atoms with E-state index >= 15 is 0 Å². The molecule has 0 radical (unpaired) electrons. The largest absolute Gasteiger partial charge is 0.315 e. The first-order valence-corrected chi connectivity index (χ1v) is 7.10. The minimum atomic E-state index is -3.43. The highest BCUT2D eigenvalue weighted by Crippen LogP contribution is 2.30. The molecule has 1 heterocycles. The molecule has 18 heavy (non-hydrogen) atoms. The first-order valence-electron chi connectivity index (χ1n) is 5.45. The van der Waals surface area contributed by atoms with E-state index in [4.69, 9.17) is 5.26 Å². The number of hydrogen-bond acceptors (Lipinski definition) is 4. The third-order valence-electron chi connectivity index (χ3n) is 2.97. The number of rotatable bonds is 3. The van der Waals surface area contributed by atoms with Gasteiger partial charge in [0.25, 0.3) is 0 Å². The van der Waals surface area contributed by atoms with Gasteiger partial charge in [0, 0.05) is 19.2 Å². The standard InChI is InChI=1S/C12H12N2O3S/c1-14-11-4-3-10(7-9(11)8-12(14)15)18(16,17)6-2-5-13/h3-4,7H,2,6,8H2,1H3. The van der Waals surface area contributed by atoms with E-state index in [1.54, 1.807) is 13.1 Å².